The van der Waals surface area contributed by atoms with Gasteiger partial charge in [-0.15, -0.1) is 0 Å². The van der Waals surface area contributed by atoms with Crippen LogP contribution in [0.5, 0.6) is 0 Å². The Morgan fingerprint density at radius 3 is 1.93 bits per heavy atom. The van der Waals surface area contributed by atoms with Crippen molar-refractivity contribution in [1.29, 1.82) is 0 Å². The zero-order chi connectivity index (χ0) is 12.3. The standard InChI is InChI=1S/C12H24O3/c1-9(2)10(13)14-15-12(6,7)8-11(3,4)5/h9H,8H2,1-7H3. The number of carbonyl (C=O) groups excluding carboxylic acids is 1. The predicted octanol–water partition coefficient (Wildman–Crippen LogP) is 3.33. The van der Waals surface area contributed by atoms with Crippen LogP contribution < -0.4 is 0 Å². The summed E-state index contributed by atoms with van der Waals surface area (Å²) >= 11 is 0. The Hall–Kier alpha value is -0.570. The maximum Gasteiger partial charge on any atom is 0.344 e. The average molecular weight is 216 g/mol. The van der Waals surface area contributed by atoms with Crippen LogP contribution in [-0.2, 0) is 14.6 Å². The Bertz CT molecular complexity index is 211. The number of rotatable bonds is 4. The van der Waals surface area contributed by atoms with Crippen molar-refractivity contribution < 1.29 is 14.6 Å². The summed E-state index contributed by atoms with van der Waals surface area (Å²) in [5.41, 5.74) is -0.295. The van der Waals surface area contributed by atoms with Crippen molar-refractivity contribution >= 4 is 5.97 Å². The summed E-state index contributed by atoms with van der Waals surface area (Å²) in [6.45, 7) is 13.8. The molecule has 3 nitrogen and oxygen atoms in total. The summed E-state index contributed by atoms with van der Waals surface area (Å²) in [6.07, 6.45) is 0.825. The van der Waals surface area contributed by atoms with Gasteiger partial charge in [-0.2, -0.15) is 4.89 Å². The molecule has 3 heteroatoms. The first-order valence-corrected chi connectivity index (χ1v) is 5.43. The second-order valence-corrected chi connectivity index (χ2v) is 6.14. The molecule has 0 spiro atoms. The highest BCUT2D eigenvalue weighted by Crippen LogP contribution is 2.29. The van der Waals surface area contributed by atoms with Crippen LogP contribution in [-0.4, -0.2) is 11.6 Å². The highest BCUT2D eigenvalue weighted by Gasteiger charge is 2.29. The molecule has 0 aromatic rings. The number of hydrogen-bond acceptors (Lipinski definition) is 3. The van der Waals surface area contributed by atoms with Crippen LogP contribution in [0.4, 0.5) is 0 Å². The summed E-state index contributed by atoms with van der Waals surface area (Å²) in [5.74, 6) is -0.479. The molecule has 15 heavy (non-hydrogen) atoms. The lowest BCUT2D eigenvalue weighted by atomic mass is 9.84. The van der Waals surface area contributed by atoms with E-state index in [-0.39, 0.29) is 17.3 Å². The van der Waals surface area contributed by atoms with Crippen molar-refractivity contribution in [1.82, 2.24) is 0 Å². The van der Waals surface area contributed by atoms with Crippen molar-refractivity contribution in [2.75, 3.05) is 0 Å². The molecule has 0 bridgehead atoms. The Balaban J connectivity index is 4.10. The summed E-state index contributed by atoms with van der Waals surface area (Å²) in [7, 11) is 0. The van der Waals surface area contributed by atoms with Gasteiger partial charge in [-0.05, 0) is 25.7 Å². The van der Waals surface area contributed by atoms with Crippen molar-refractivity contribution in [3.63, 3.8) is 0 Å². The molecule has 0 saturated heterocycles. The topological polar surface area (TPSA) is 35.5 Å². The van der Waals surface area contributed by atoms with E-state index in [2.05, 4.69) is 20.8 Å². The van der Waals surface area contributed by atoms with E-state index in [1.54, 1.807) is 13.8 Å². The van der Waals surface area contributed by atoms with E-state index in [1.807, 2.05) is 13.8 Å². The van der Waals surface area contributed by atoms with E-state index in [0.717, 1.165) is 6.42 Å². The average Bonchev–Trinajstić information content (AvgIpc) is 1.95. The minimum Gasteiger partial charge on any atom is -0.298 e. The molecule has 0 fully saturated rings. The lowest BCUT2D eigenvalue weighted by molar-refractivity contribution is -0.331. The quantitative estimate of drug-likeness (QED) is 0.534. The van der Waals surface area contributed by atoms with E-state index in [0.29, 0.717) is 0 Å². The summed E-state index contributed by atoms with van der Waals surface area (Å²) in [4.78, 5) is 21.2. The fourth-order valence-corrected chi connectivity index (χ4v) is 1.56. The fraction of sp³-hybridized carbons (Fsp3) is 0.917. The minimum atomic E-state index is -0.442. The molecule has 0 aliphatic rings. The zero-order valence-corrected chi connectivity index (χ0v) is 11.0. The van der Waals surface area contributed by atoms with Gasteiger partial charge in [-0.3, -0.25) is 4.89 Å². The number of carbonyl (C=O) groups is 1. The molecule has 0 unspecified atom stereocenters. The van der Waals surface area contributed by atoms with E-state index < -0.39 is 5.60 Å². The number of hydrogen-bond donors (Lipinski definition) is 0. The molecule has 0 rings (SSSR count). The maximum absolute atomic E-state index is 11.2. The first kappa shape index (κ1) is 14.4. The Labute approximate surface area is 93.1 Å². The van der Waals surface area contributed by atoms with Crippen molar-refractivity contribution in [2.24, 2.45) is 11.3 Å². The summed E-state index contributed by atoms with van der Waals surface area (Å²) < 4.78 is 0. The highest BCUT2D eigenvalue weighted by molar-refractivity contribution is 5.70. The molecule has 0 aromatic carbocycles. The van der Waals surface area contributed by atoms with Gasteiger partial charge in [0.25, 0.3) is 0 Å². The molecule has 0 aromatic heterocycles. The second kappa shape index (κ2) is 4.97. The monoisotopic (exact) mass is 216 g/mol. The van der Waals surface area contributed by atoms with Crippen molar-refractivity contribution in [3.8, 4) is 0 Å². The molecule has 0 aliphatic carbocycles. The Kier molecular flexibility index (Phi) is 4.78. The Morgan fingerprint density at radius 1 is 1.13 bits per heavy atom. The molecule has 0 radical (unpaired) electrons. The van der Waals surface area contributed by atoms with Crippen LogP contribution >= 0.6 is 0 Å². The van der Waals surface area contributed by atoms with Gasteiger partial charge in [0.05, 0.1) is 5.92 Å². The van der Waals surface area contributed by atoms with Crippen molar-refractivity contribution in [3.05, 3.63) is 0 Å². The van der Waals surface area contributed by atoms with Gasteiger partial charge in [0.15, 0.2) is 0 Å². The van der Waals surface area contributed by atoms with Gasteiger partial charge < -0.3 is 0 Å². The predicted molar refractivity (Wildman–Crippen MR) is 60.2 cm³/mol. The summed E-state index contributed by atoms with van der Waals surface area (Å²) in [6, 6.07) is 0. The van der Waals surface area contributed by atoms with Crippen LogP contribution in [0.2, 0.25) is 0 Å². The second-order valence-electron chi connectivity index (χ2n) is 6.14. The van der Waals surface area contributed by atoms with Crippen LogP contribution in [0.15, 0.2) is 0 Å². The third-order valence-corrected chi connectivity index (χ3v) is 1.78. The van der Waals surface area contributed by atoms with Crippen molar-refractivity contribution in [2.45, 2.75) is 60.5 Å². The van der Waals surface area contributed by atoms with E-state index in [9.17, 15) is 4.79 Å². The van der Waals surface area contributed by atoms with Gasteiger partial charge in [0, 0.05) is 0 Å². The van der Waals surface area contributed by atoms with E-state index >= 15 is 0 Å². The van der Waals surface area contributed by atoms with Crippen LogP contribution in [0.1, 0.15) is 54.9 Å². The van der Waals surface area contributed by atoms with E-state index in [1.165, 1.54) is 0 Å². The lowest BCUT2D eigenvalue weighted by Crippen LogP contribution is -2.32. The molecular formula is C12H24O3. The van der Waals surface area contributed by atoms with Crippen LogP contribution in [0.3, 0.4) is 0 Å². The molecule has 0 N–H and O–H groups in total. The van der Waals surface area contributed by atoms with E-state index in [4.69, 9.17) is 9.78 Å². The third kappa shape index (κ3) is 7.37. The molecule has 90 valence electrons. The lowest BCUT2D eigenvalue weighted by Gasteiger charge is -2.30. The van der Waals surface area contributed by atoms with Crippen LogP contribution in [0.25, 0.3) is 0 Å². The first-order valence-electron chi connectivity index (χ1n) is 5.43. The third-order valence-electron chi connectivity index (χ3n) is 1.78. The molecule has 0 heterocycles. The maximum atomic E-state index is 11.2. The van der Waals surface area contributed by atoms with Gasteiger partial charge in [0.2, 0.25) is 0 Å². The Morgan fingerprint density at radius 2 is 1.60 bits per heavy atom. The smallest absolute Gasteiger partial charge is 0.298 e. The molecule has 0 aliphatic heterocycles. The highest BCUT2D eigenvalue weighted by atomic mass is 17.2. The van der Waals surface area contributed by atoms with Crippen LogP contribution in [0, 0.1) is 11.3 Å². The van der Waals surface area contributed by atoms with Gasteiger partial charge in [-0.1, -0.05) is 34.6 Å². The largest absolute Gasteiger partial charge is 0.344 e. The van der Waals surface area contributed by atoms with Gasteiger partial charge >= 0.3 is 5.97 Å². The minimum absolute atomic E-state index is 0.147. The summed E-state index contributed by atoms with van der Waals surface area (Å²) in [5, 5.41) is 0. The fourth-order valence-electron chi connectivity index (χ4n) is 1.56. The van der Waals surface area contributed by atoms with Gasteiger partial charge in [-0.25, -0.2) is 4.79 Å². The van der Waals surface area contributed by atoms with Gasteiger partial charge in [0.1, 0.15) is 5.60 Å². The molecular weight excluding hydrogens is 192 g/mol. The first-order chi connectivity index (χ1) is 6.53. The molecule has 0 amide bonds. The normalized spacial score (nSPS) is 13.1. The molecule has 0 saturated carbocycles. The zero-order valence-electron chi connectivity index (χ0n) is 11.0. The SMILES string of the molecule is CC(C)C(=O)OOC(C)(C)CC(C)(C)C. The molecule has 0 atom stereocenters.